The smallest absolute Gasteiger partial charge is 0.320 e. The van der Waals surface area contributed by atoms with E-state index in [1.165, 1.54) is 0 Å². The lowest BCUT2D eigenvalue weighted by Crippen LogP contribution is -2.55. The first-order chi connectivity index (χ1) is 4.24. The van der Waals surface area contributed by atoms with E-state index in [1.54, 1.807) is 0 Å². The summed E-state index contributed by atoms with van der Waals surface area (Å²) in [6.07, 6.45) is 1.83. The highest BCUT2D eigenvalue weighted by Crippen LogP contribution is 2.13. The number of aliphatic carboxylic acids is 1. The van der Waals surface area contributed by atoms with Gasteiger partial charge in [-0.3, -0.25) is 4.79 Å². The van der Waals surface area contributed by atoms with Crippen molar-refractivity contribution in [2.24, 2.45) is 0 Å². The molecule has 0 aromatic carbocycles. The van der Waals surface area contributed by atoms with Crippen LogP contribution in [0.1, 0.15) is 19.8 Å². The molecule has 0 radical (unpaired) electrons. The minimum absolute atomic E-state index is 0.269. The third kappa shape index (κ3) is 1.21. The summed E-state index contributed by atoms with van der Waals surface area (Å²) in [6, 6.07) is 0.182. The van der Waals surface area contributed by atoms with Crippen molar-refractivity contribution < 1.29 is 9.90 Å². The standard InChI is InChI=1S/C6H11NO2/c1-2-4-3-5(7-4)6(8)9/h4-5,7H,2-3H2,1H3,(H,8,9). The molecule has 2 N–H and O–H groups in total. The number of rotatable bonds is 2. The molecule has 1 fully saturated rings. The highest BCUT2D eigenvalue weighted by molar-refractivity contribution is 5.74. The molecule has 52 valence electrons. The van der Waals surface area contributed by atoms with Crippen LogP contribution in [0, 0.1) is 0 Å². The van der Waals surface area contributed by atoms with E-state index in [0.29, 0.717) is 6.04 Å². The van der Waals surface area contributed by atoms with Crippen molar-refractivity contribution in [1.82, 2.24) is 5.32 Å². The number of carboxylic acid groups (broad SMARTS) is 1. The molecule has 1 aliphatic rings. The summed E-state index contributed by atoms with van der Waals surface area (Å²) in [5, 5.41) is 11.3. The van der Waals surface area contributed by atoms with Crippen molar-refractivity contribution >= 4 is 5.97 Å². The van der Waals surface area contributed by atoms with E-state index in [4.69, 9.17) is 5.11 Å². The van der Waals surface area contributed by atoms with Crippen LogP contribution in [0.25, 0.3) is 0 Å². The van der Waals surface area contributed by atoms with Gasteiger partial charge in [-0.05, 0) is 12.8 Å². The second-order valence-electron chi connectivity index (χ2n) is 2.40. The fourth-order valence-electron chi connectivity index (χ4n) is 1.00. The van der Waals surface area contributed by atoms with Crippen LogP contribution in [0.3, 0.4) is 0 Å². The van der Waals surface area contributed by atoms with Gasteiger partial charge in [-0.1, -0.05) is 6.92 Å². The Balaban J connectivity index is 2.19. The van der Waals surface area contributed by atoms with Crippen molar-refractivity contribution in [2.75, 3.05) is 0 Å². The van der Waals surface area contributed by atoms with E-state index >= 15 is 0 Å². The van der Waals surface area contributed by atoms with Crippen molar-refractivity contribution in [2.45, 2.75) is 31.8 Å². The zero-order valence-corrected chi connectivity index (χ0v) is 5.42. The fourth-order valence-corrected chi connectivity index (χ4v) is 1.00. The first kappa shape index (κ1) is 6.55. The molecule has 1 aliphatic heterocycles. The Morgan fingerprint density at radius 2 is 2.44 bits per heavy atom. The van der Waals surface area contributed by atoms with Crippen LogP contribution in [0.15, 0.2) is 0 Å². The lowest BCUT2D eigenvalue weighted by molar-refractivity contribution is -0.142. The van der Waals surface area contributed by atoms with E-state index in [9.17, 15) is 4.79 Å². The number of carbonyl (C=O) groups is 1. The number of nitrogens with one attached hydrogen (secondary N) is 1. The number of hydrogen-bond donors (Lipinski definition) is 2. The van der Waals surface area contributed by atoms with Crippen LogP contribution in [-0.4, -0.2) is 23.2 Å². The molecule has 0 amide bonds. The van der Waals surface area contributed by atoms with Gasteiger partial charge in [-0.2, -0.15) is 0 Å². The summed E-state index contributed by atoms with van der Waals surface area (Å²) < 4.78 is 0. The molecule has 0 bridgehead atoms. The van der Waals surface area contributed by atoms with Gasteiger partial charge < -0.3 is 10.4 Å². The highest BCUT2D eigenvalue weighted by atomic mass is 16.4. The summed E-state index contributed by atoms with van der Waals surface area (Å²) in [6.45, 7) is 2.05. The Hall–Kier alpha value is -0.570. The zero-order valence-electron chi connectivity index (χ0n) is 5.42. The first-order valence-electron chi connectivity index (χ1n) is 3.23. The first-order valence-corrected chi connectivity index (χ1v) is 3.23. The van der Waals surface area contributed by atoms with Gasteiger partial charge in [-0.25, -0.2) is 0 Å². The maximum Gasteiger partial charge on any atom is 0.320 e. The molecule has 0 aromatic heterocycles. The predicted molar refractivity (Wildman–Crippen MR) is 33.3 cm³/mol. The summed E-state index contributed by atoms with van der Waals surface area (Å²) in [4.78, 5) is 10.2. The van der Waals surface area contributed by atoms with Gasteiger partial charge in [0.05, 0.1) is 0 Å². The monoisotopic (exact) mass is 129 g/mol. The average molecular weight is 129 g/mol. The lowest BCUT2D eigenvalue weighted by Gasteiger charge is -2.33. The summed E-state index contributed by atoms with van der Waals surface area (Å²) in [5.74, 6) is -0.722. The molecule has 3 nitrogen and oxygen atoms in total. The summed E-state index contributed by atoms with van der Waals surface area (Å²) in [5.41, 5.74) is 0. The predicted octanol–water partition coefficient (Wildman–Crippen LogP) is 0.212. The van der Waals surface area contributed by atoms with E-state index < -0.39 is 5.97 Å². The highest BCUT2D eigenvalue weighted by Gasteiger charge is 2.31. The maximum absolute atomic E-state index is 10.2. The van der Waals surface area contributed by atoms with Crippen molar-refractivity contribution in [3.8, 4) is 0 Å². The van der Waals surface area contributed by atoms with Gasteiger partial charge in [0.1, 0.15) is 6.04 Å². The van der Waals surface area contributed by atoms with Gasteiger partial charge >= 0.3 is 5.97 Å². The molecule has 9 heavy (non-hydrogen) atoms. The molecular weight excluding hydrogens is 118 g/mol. The minimum Gasteiger partial charge on any atom is -0.480 e. The molecule has 0 spiro atoms. The minimum atomic E-state index is -0.722. The number of hydrogen-bond acceptors (Lipinski definition) is 2. The van der Waals surface area contributed by atoms with E-state index in [-0.39, 0.29) is 6.04 Å². The van der Waals surface area contributed by atoms with Crippen LogP contribution in [0.2, 0.25) is 0 Å². The Bertz CT molecular complexity index is 118. The fraction of sp³-hybridized carbons (Fsp3) is 0.833. The SMILES string of the molecule is CCC1CC(C(=O)O)N1. The van der Waals surface area contributed by atoms with Gasteiger partial charge in [0, 0.05) is 6.04 Å². The van der Waals surface area contributed by atoms with E-state index in [1.807, 2.05) is 0 Å². The van der Waals surface area contributed by atoms with E-state index in [2.05, 4.69) is 12.2 Å². The van der Waals surface area contributed by atoms with Crippen molar-refractivity contribution in [3.63, 3.8) is 0 Å². The molecule has 2 unspecified atom stereocenters. The van der Waals surface area contributed by atoms with Gasteiger partial charge in [0.25, 0.3) is 0 Å². The largest absolute Gasteiger partial charge is 0.480 e. The van der Waals surface area contributed by atoms with Crippen LogP contribution in [0.4, 0.5) is 0 Å². The van der Waals surface area contributed by atoms with Crippen molar-refractivity contribution in [3.05, 3.63) is 0 Å². The van der Waals surface area contributed by atoms with Gasteiger partial charge in [0.15, 0.2) is 0 Å². The molecular formula is C6H11NO2. The zero-order chi connectivity index (χ0) is 6.85. The second kappa shape index (κ2) is 2.35. The van der Waals surface area contributed by atoms with Crippen LogP contribution in [-0.2, 0) is 4.79 Å². The maximum atomic E-state index is 10.2. The molecule has 1 rings (SSSR count). The second-order valence-corrected chi connectivity index (χ2v) is 2.40. The Morgan fingerprint density at radius 1 is 1.89 bits per heavy atom. The number of carboxylic acids is 1. The van der Waals surface area contributed by atoms with Gasteiger partial charge in [0.2, 0.25) is 0 Å². The van der Waals surface area contributed by atoms with Gasteiger partial charge in [-0.15, -0.1) is 0 Å². The molecule has 0 aliphatic carbocycles. The summed E-state index contributed by atoms with van der Waals surface area (Å²) >= 11 is 0. The summed E-state index contributed by atoms with van der Waals surface area (Å²) in [7, 11) is 0. The molecule has 1 saturated heterocycles. The Kier molecular flexibility index (Phi) is 1.71. The van der Waals surface area contributed by atoms with Crippen LogP contribution < -0.4 is 5.32 Å². The average Bonchev–Trinajstić information content (AvgIpc) is 1.61. The molecule has 0 saturated carbocycles. The topological polar surface area (TPSA) is 49.3 Å². The normalized spacial score (nSPS) is 33.4. The van der Waals surface area contributed by atoms with Crippen LogP contribution in [0.5, 0.6) is 0 Å². The van der Waals surface area contributed by atoms with Crippen LogP contribution >= 0.6 is 0 Å². The third-order valence-corrected chi connectivity index (χ3v) is 1.75. The molecule has 2 atom stereocenters. The third-order valence-electron chi connectivity index (χ3n) is 1.75. The Morgan fingerprint density at radius 3 is 2.78 bits per heavy atom. The van der Waals surface area contributed by atoms with E-state index in [0.717, 1.165) is 12.8 Å². The van der Waals surface area contributed by atoms with Crippen molar-refractivity contribution in [1.29, 1.82) is 0 Å². The Labute approximate surface area is 54.1 Å². The molecule has 0 aromatic rings. The lowest BCUT2D eigenvalue weighted by atomic mass is 9.95. The quantitative estimate of drug-likeness (QED) is 0.560. The molecule has 3 heteroatoms. The molecule has 1 heterocycles.